The molecule has 1 aliphatic carbocycles. The van der Waals surface area contributed by atoms with Crippen LogP contribution in [0.3, 0.4) is 0 Å². The lowest BCUT2D eigenvalue weighted by molar-refractivity contribution is 0.0336. The molecule has 2 rings (SSSR count). The highest BCUT2D eigenvalue weighted by molar-refractivity contribution is 7.85. The van der Waals surface area contributed by atoms with Crippen LogP contribution >= 0.6 is 0 Å². The van der Waals surface area contributed by atoms with Crippen LogP contribution in [0.5, 0.6) is 0 Å². The number of carbonyl (C=O) groups is 1. The third kappa shape index (κ3) is 3.36. The number of halogens is 1. The first-order valence-electron chi connectivity index (χ1n) is 6.13. The van der Waals surface area contributed by atoms with E-state index in [0.29, 0.717) is 17.1 Å². The van der Waals surface area contributed by atoms with E-state index in [9.17, 15) is 17.6 Å². The minimum Gasteiger partial charge on any atom is -0.443 e. The highest BCUT2D eigenvalue weighted by Gasteiger charge is 2.52. The summed E-state index contributed by atoms with van der Waals surface area (Å²) in [6.45, 7) is 4.66. The van der Waals surface area contributed by atoms with Gasteiger partial charge in [-0.05, 0) is 33.6 Å². The van der Waals surface area contributed by atoms with E-state index in [1.54, 1.807) is 20.8 Å². The van der Waals surface area contributed by atoms with E-state index < -0.39 is 33.7 Å². The van der Waals surface area contributed by atoms with E-state index >= 15 is 0 Å². The van der Waals surface area contributed by atoms with Gasteiger partial charge in [0.1, 0.15) is 11.3 Å². The molecule has 1 amide bonds. The second-order valence-corrected chi connectivity index (χ2v) is 7.51. The zero-order valence-corrected chi connectivity index (χ0v) is 12.0. The Bertz CT molecular complexity index is 480. The van der Waals surface area contributed by atoms with Crippen molar-refractivity contribution in [3.8, 4) is 0 Å². The van der Waals surface area contributed by atoms with Gasteiger partial charge in [-0.25, -0.2) is 9.18 Å². The standard InChI is InChI=1S/C11H18FNO5S/c1-10(2,3)18-9(14)13-8(6-11(12)4-5-11)7-17-19(13,15)16/h8H,4-7H2,1-3H3. The lowest BCUT2D eigenvalue weighted by Crippen LogP contribution is -2.43. The molecule has 19 heavy (non-hydrogen) atoms. The molecular formula is C11H18FNO5S. The zero-order valence-electron chi connectivity index (χ0n) is 11.2. The van der Waals surface area contributed by atoms with Gasteiger partial charge in [0, 0.05) is 6.42 Å². The quantitative estimate of drug-likeness (QED) is 0.776. The van der Waals surface area contributed by atoms with Crippen molar-refractivity contribution in [3.05, 3.63) is 0 Å². The molecule has 0 aromatic carbocycles. The number of amides is 1. The van der Waals surface area contributed by atoms with E-state index in [2.05, 4.69) is 4.18 Å². The van der Waals surface area contributed by atoms with Crippen molar-refractivity contribution in [2.45, 2.75) is 57.3 Å². The Hall–Kier alpha value is -0.890. The number of hydrogen-bond donors (Lipinski definition) is 0. The molecule has 6 nitrogen and oxygen atoms in total. The summed E-state index contributed by atoms with van der Waals surface area (Å²) in [7, 11) is -4.16. The summed E-state index contributed by atoms with van der Waals surface area (Å²) in [5.74, 6) is 0. The molecule has 8 heteroatoms. The molecule has 0 bridgehead atoms. The second kappa shape index (κ2) is 4.31. The average molecular weight is 295 g/mol. The van der Waals surface area contributed by atoms with Crippen molar-refractivity contribution in [1.82, 2.24) is 4.31 Å². The van der Waals surface area contributed by atoms with Gasteiger partial charge in [0.05, 0.1) is 12.6 Å². The molecule has 0 N–H and O–H groups in total. The topological polar surface area (TPSA) is 72.9 Å². The Labute approximate surface area is 112 Å². The first-order valence-corrected chi connectivity index (χ1v) is 7.50. The van der Waals surface area contributed by atoms with Crippen molar-refractivity contribution in [1.29, 1.82) is 0 Å². The summed E-state index contributed by atoms with van der Waals surface area (Å²) in [5, 5.41) is 0. The SMILES string of the molecule is CC(C)(C)OC(=O)N1C(CC2(F)CC2)COS1(=O)=O. The maximum Gasteiger partial charge on any atom is 0.426 e. The van der Waals surface area contributed by atoms with Crippen LogP contribution < -0.4 is 0 Å². The number of carbonyl (C=O) groups excluding carboxylic acids is 1. The van der Waals surface area contributed by atoms with Gasteiger partial charge < -0.3 is 4.74 Å². The largest absolute Gasteiger partial charge is 0.443 e. The van der Waals surface area contributed by atoms with Crippen LogP contribution in [0.15, 0.2) is 0 Å². The molecule has 0 radical (unpaired) electrons. The van der Waals surface area contributed by atoms with Gasteiger partial charge in [-0.3, -0.25) is 4.18 Å². The molecule has 2 fully saturated rings. The van der Waals surface area contributed by atoms with E-state index in [1.165, 1.54) is 0 Å². The van der Waals surface area contributed by atoms with Crippen LogP contribution in [-0.4, -0.2) is 42.7 Å². The molecule has 0 aromatic heterocycles. The highest BCUT2D eigenvalue weighted by atomic mass is 32.2. The van der Waals surface area contributed by atoms with Gasteiger partial charge in [-0.2, -0.15) is 12.7 Å². The number of alkyl halides is 1. The van der Waals surface area contributed by atoms with Crippen LogP contribution in [0.25, 0.3) is 0 Å². The van der Waals surface area contributed by atoms with Gasteiger partial charge in [-0.15, -0.1) is 0 Å². The number of nitrogens with zero attached hydrogens (tertiary/aromatic N) is 1. The molecule has 2 aliphatic rings. The first kappa shape index (κ1) is 14.5. The fraction of sp³-hybridized carbons (Fsp3) is 0.909. The van der Waals surface area contributed by atoms with Crippen molar-refractivity contribution in [3.63, 3.8) is 0 Å². The molecule has 110 valence electrons. The first-order chi connectivity index (χ1) is 8.53. The van der Waals surface area contributed by atoms with E-state index in [-0.39, 0.29) is 13.0 Å². The highest BCUT2D eigenvalue weighted by Crippen LogP contribution is 2.45. The number of ether oxygens (including phenoxy) is 1. The molecule has 1 saturated heterocycles. The Balaban J connectivity index is 2.14. The Morgan fingerprint density at radius 1 is 1.47 bits per heavy atom. The maximum atomic E-state index is 13.7. The number of rotatable bonds is 2. The van der Waals surface area contributed by atoms with Crippen molar-refractivity contribution < 1.29 is 26.5 Å². The van der Waals surface area contributed by atoms with Crippen LogP contribution in [0.4, 0.5) is 9.18 Å². The fourth-order valence-corrected chi connectivity index (χ4v) is 3.09. The van der Waals surface area contributed by atoms with Gasteiger partial charge in [0.15, 0.2) is 0 Å². The molecular weight excluding hydrogens is 277 g/mol. The average Bonchev–Trinajstić information content (AvgIpc) is 2.81. The molecule has 1 saturated carbocycles. The Kier molecular flexibility index (Phi) is 3.29. The monoisotopic (exact) mass is 295 g/mol. The van der Waals surface area contributed by atoms with Crippen LogP contribution in [-0.2, 0) is 19.2 Å². The smallest absolute Gasteiger partial charge is 0.426 e. The molecule has 0 aromatic rings. The Morgan fingerprint density at radius 3 is 2.53 bits per heavy atom. The third-order valence-electron chi connectivity index (χ3n) is 2.95. The molecule has 1 heterocycles. The van der Waals surface area contributed by atoms with E-state index in [4.69, 9.17) is 4.74 Å². The minimum atomic E-state index is -4.16. The van der Waals surface area contributed by atoms with Gasteiger partial charge >= 0.3 is 16.4 Å². The Morgan fingerprint density at radius 2 is 2.05 bits per heavy atom. The van der Waals surface area contributed by atoms with Crippen LogP contribution in [0.2, 0.25) is 0 Å². The summed E-state index contributed by atoms with van der Waals surface area (Å²) >= 11 is 0. The molecule has 1 aliphatic heterocycles. The summed E-state index contributed by atoms with van der Waals surface area (Å²) in [6, 6.07) is -0.827. The second-order valence-electron chi connectivity index (χ2n) is 6.03. The number of hydrogen-bond acceptors (Lipinski definition) is 5. The minimum absolute atomic E-state index is 0.0362. The van der Waals surface area contributed by atoms with E-state index in [1.807, 2.05) is 0 Å². The maximum absolute atomic E-state index is 13.7. The summed E-state index contributed by atoms with van der Waals surface area (Å²) in [6.07, 6.45) is -0.262. The fourth-order valence-electron chi connectivity index (χ4n) is 1.92. The van der Waals surface area contributed by atoms with Crippen molar-refractivity contribution >= 4 is 16.4 Å². The normalized spacial score (nSPS) is 28.2. The van der Waals surface area contributed by atoms with Crippen molar-refractivity contribution in [2.75, 3.05) is 6.61 Å². The predicted molar refractivity (Wildman–Crippen MR) is 64.4 cm³/mol. The molecule has 0 spiro atoms. The predicted octanol–water partition coefficient (Wildman–Crippen LogP) is 1.76. The van der Waals surface area contributed by atoms with Gasteiger partial charge in [-0.1, -0.05) is 0 Å². The zero-order chi connectivity index (χ0) is 14.5. The van der Waals surface area contributed by atoms with E-state index in [0.717, 1.165) is 0 Å². The van der Waals surface area contributed by atoms with Crippen LogP contribution in [0, 0.1) is 0 Å². The van der Waals surface area contributed by atoms with Gasteiger partial charge in [0.2, 0.25) is 0 Å². The summed E-state index contributed by atoms with van der Waals surface area (Å²) in [5.41, 5.74) is -2.19. The van der Waals surface area contributed by atoms with Crippen LogP contribution in [0.1, 0.15) is 40.0 Å². The molecule has 1 unspecified atom stereocenters. The van der Waals surface area contributed by atoms with Crippen molar-refractivity contribution in [2.24, 2.45) is 0 Å². The third-order valence-corrected chi connectivity index (χ3v) is 4.31. The molecule has 1 atom stereocenters. The van der Waals surface area contributed by atoms with Gasteiger partial charge in [0.25, 0.3) is 0 Å². The lowest BCUT2D eigenvalue weighted by Gasteiger charge is -2.26. The summed E-state index contributed by atoms with van der Waals surface area (Å²) in [4.78, 5) is 11.9. The summed E-state index contributed by atoms with van der Waals surface area (Å²) < 4.78 is 47.3. The lowest BCUT2D eigenvalue weighted by atomic mass is 10.1.